The number of carbonyl (C=O) groups is 2. The maximum absolute atomic E-state index is 12.9. The summed E-state index contributed by atoms with van der Waals surface area (Å²) in [5.41, 5.74) is 0.820. The summed E-state index contributed by atoms with van der Waals surface area (Å²) in [6.07, 6.45) is 2.62. The van der Waals surface area contributed by atoms with Gasteiger partial charge in [0.1, 0.15) is 17.3 Å². The number of hydrogen-bond donors (Lipinski definition) is 1. The van der Waals surface area contributed by atoms with Gasteiger partial charge in [0.05, 0.1) is 0 Å². The van der Waals surface area contributed by atoms with E-state index in [1.807, 2.05) is 6.07 Å². The standard InChI is InChI=1S/C18H14FN3O3/c19-13-4-6-14(7-5-13)25-15-3-1-2-12(10-15)11-20-18(24)16-8-9-17(23)22-21-16/h1-10,16H,11H2,(H,20,24). The van der Waals surface area contributed by atoms with Gasteiger partial charge in [0.2, 0.25) is 0 Å². The van der Waals surface area contributed by atoms with E-state index in [-0.39, 0.29) is 18.3 Å². The molecule has 7 heteroatoms. The monoisotopic (exact) mass is 339 g/mol. The zero-order valence-electron chi connectivity index (χ0n) is 13.1. The lowest BCUT2D eigenvalue weighted by Crippen LogP contribution is -2.32. The minimum Gasteiger partial charge on any atom is -0.457 e. The fourth-order valence-corrected chi connectivity index (χ4v) is 2.16. The molecule has 1 heterocycles. The van der Waals surface area contributed by atoms with Crippen LogP contribution in [0.3, 0.4) is 0 Å². The van der Waals surface area contributed by atoms with Crippen molar-refractivity contribution in [1.82, 2.24) is 5.32 Å². The maximum Gasteiger partial charge on any atom is 0.287 e. The van der Waals surface area contributed by atoms with Gasteiger partial charge in [-0.15, -0.1) is 5.11 Å². The minimum absolute atomic E-state index is 0.271. The molecule has 2 aromatic rings. The maximum atomic E-state index is 12.9. The van der Waals surface area contributed by atoms with Crippen molar-refractivity contribution in [2.45, 2.75) is 12.6 Å². The minimum atomic E-state index is -0.795. The number of hydrogen-bond acceptors (Lipinski definition) is 4. The molecule has 0 spiro atoms. The van der Waals surface area contributed by atoms with Gasteiger partial charge in [0, 0.05) is 12.6 Å². The molecule has 2 amide bonds. The van der Waals surface area contributed by atoms with Gasteiger partial charge in [-0.2, -0.15) is 5.11 Å². The van der Waals surface area contributed by atoms with Crippen molar-refractivity contribution >= 4 is 11.8 Å². The van der Waals surface area contributed by atoms with Gasteiger partial charge in [-0.05, 0) is 48.0 Å². The van der Waals surface area contributed by atoms with Gasteiger partial charge in [0.15, 0.2) is 6.04 Å². The highest BCUT2D eigenvalue weighted by Crippen LogP contribution is 2.22. The number of nitrogens with one attached hydrogen (secondary N) is 1. The molecule has 126 valence electrons. The fraction of sp³-hybridized carbons (Fsp3) is 0.111. The lowest BCUT2D eigenvalue weighted by Gasteiger charge is -2.11. The zero-order valence-corrected chi connectivity index (χ0v) is 13.1. The molecule has 2 aromatic carbocycles. The Balaban J connectivity index is 1.59. The van der Waals surface area contributed by atoms with Crippen LogP contribution in [0.15, 0.2) is 70.9 Å². The van der Waals surface area contributed by atoms with Crippen LogP contribution in [0.5, 0.6) is 11.5 Å². The Morgan fingerprint density at radius 3 is 2.68 bits per heavy atom. The number of carbonyl (C=O) groups excluding carboxylic acids is 2. The van der Waals surface area contributed by atoms with Gasteiger partial charge >= 0.3 is 0 Å². The Kier molecular flexibility index (Phi) is 4.94. The predicted molar refractivity (Wildman–Crippen MR) is 87.6 cm³/mol. The molecule has 3 rings (SSSR count). The summed E-state index contributed by atoms with van der Waals surface area (Å²) in [5, 5.41) is 9.69. The van der Waals surface area contributed by atoms with E-state index in [0.29, 0.717) is 11.5 Å². The number of amides is 2. The second kappa shape index (κ2) is 7.48. The molecule has 1 aliphatic heterocycles. The molecule has 0 aromatic heterocycles. The Bertz CT molecular complexity index is 831. The van der Waals surface area contributed by atoms with Crippen LogP contribution < -0.4 is 10.1 Å². The molecule has 6 nitrogen and oxygen atoms in total. The summed E-state index contributed by atoms with van der Waals surface area (Å²) >= 11 is 0. The summed E-state index contributed by atoms with van der Waals surface area (Å²) in [4.78, 5) is 22.9. The van der Waals surface area contributed by atoms with Gasteiger partial charge in [-0.25, -0.2) is 4.39 Å². The van der Waals surface area contributed by atoms with Crippen molar-refractivity contribution in [2.75, 3.05) is 0 Å². The normalized spacial score (nSPS) is 15.9. The molecule has 0 saturated heterocycles. The molecule has 0 aliphatic carbocycles. The van der Waals surface area contributed by atoms with E-state index in [1.54, 1.807) is 18.2 Å². The van der Waals surface area contributed by atoms with Crippen molar-refractivity contribution < 1.29 is 18.7 Å². The van der Waals surface area contributed by atoms with Crippen LogP contribution in [0.4, 0.5) is 4.39 Å². The third-order valence-corrected chi connectivity index (χ3v) is 3.38. The summed E-state index contributed by atoms with van der Waals surface area (Å²) in [5.74, 6) is -0.0762. The van der Waals surface area contributed by atoms with E-state index in [1.165, 1.54) is 36.4 Å². The van der Waals surface area contributed by atoms with Crippen LogP contribution in [-0.4, -0.2) is 17.9 Å². The van der Waals surface area contributed by atoms with Crippen LogP contribution in [0.25, 0.3) is 0 Å². The Morgan fingerprint density at radius 2 is 1.96 bits per heavy atom. The number of ether oxygens (including phenoxy) is 1. The first-order valence-corrected chi connectivity index (χ1v) is 7.53. The van der Waals surface area contributed by atoms with Crippen LogP contribution >= 0.6 is 0 Å². The molecule has 1 atom stereocenters. The fourth-order valence-electron chi connectivity index (χ4n) is 2.16. The summed E-state index contributed by atoms with van der Waals surface area (Å²) in [7, 11) is 0. The van der Waals surface area contributed by atoms with E-state index >= 15 is 0 Å². The van der Waals surface area contributed by atoms with Gasteiger partial charge < -0.3 is 10.1 Å². The number of rotatable bonds is 5. The number of halogens is 1. The number of benzene rings is 2. The first kappa shape index (κ1) is 16.5. The lowest BCUT2D eigenvalue weighted by atomic mass is 10.2. The van der Waals surface area contributed by atoms with Crippen molar-refractivity contribution in [2.24, 2.45) is 10.2 Å². The molecule has 0 fully saturated rings. The molecule has 1 aliphatic rings. The Hall–Kier alpha value is -3.35. The molecule has 25 heavy (non-hydrogen) atoms. The van der Waals surface area contributed by atoms with Crippen LogP contribution in [0.1, 0.15) is 5.56 Å². The molecular formula is C18H14FN3O3. The quantitative estimate of drug-likeness (QED) is 0.909. The van der Waals surface area contributed by atoms with E-state index in [9.17, 15) is 14.0 Å². The second-order valence-electron chi connectivity index (χ2n) is 5.28. The SMILES string of the molecule is O=C1C=CC(C(=O)NCc2cccc(Oc3ccc(F)cc3)c2)N=N1. The van der Waals surface area contributed by atoms with Crippen molar-refractivity contribution in [3.8, 4) is 11.5 Å². The number of nitrogens with zero attached hydrogens (tertiary/aromatic N) is 2. The third kappa shape index (κ3) is 4.57. The smallest absolute Gasteiger partial charge is 0.287 e. The largest absolute Gasteiger partial charge is 0.457 e. The average molecular weight is 339 g/mol. The van der Waals surface area contributed by atoms with E-state index in [2.05, 4.69) is 15.5 Å². The summed E-state index contributed by atoms with van der Waals surface area (Å²) in [6.45, 7) is 0.271. The van der Waals surface area contributed by atoms with Gasteiger partial charge in [-0.1, -0.05) is 12.1 Å². The van der Waals surface area contributed by atoms with E-state index < -0.39 is 11.9 Å². The highest BCUT2D eigenvalue weighted by Gasteiger charge is 2.17. The number of azo groups is 1. The van der Waals surface area contributed by atoms with E-state index in [4.69, 9.17) is 4.74 Å². The first-order valence-electron chi connectivity index (χ1n) is 7.53. The Labute approximate surface area is 143 Å². The highest BCUT2D eigenvalue weighted by molar-refractivity contribution is 5.92. The molecule has 1 N–H and O–H groups in total. The second-order valence-corrected chi connectivity index (χ2v) is 5.28. The molecular weight excluding hydrogens is 325 g/mol. The zero-order chi connectivity index (χ0) is 17.6. The summed E-state index contributed by atoms with van der Waals surface area (Å²) < 4.78 is 18.6. The molecule has 0 saturated carbocycles. The summed E-state index contributed by atoms with van der Waals surface area (Å²) in [6, 6.07) is 12.1. The molecule has 1 unspecified atom stereocenters. The van der Waals surface area contributed by atoms with Crippen LogP contribution in [-0.2, 0) is 16.1 Å². The molecule has 0 bridgehead atoms. The third-order valence-electron chi connectivity index (χ3n) is 3.38. The predicted octanol–water partition coefficient (Wildman–Crippen LogP) is 3.15. The van der Waals surface area contributed by atoms with Crippen LogP contribution in [0.2, 0.25) is 0 Å². The van der Waals surface area contributed by atoms with Gasteiger partial charge in [0.25, 0.3) is 11.8 Å². The highest BCUT2D eigenvalue weighted by atomic mass is 19.1. The lowest BCUT2D eigenvalue weighted by molar-refractivity contribution is -0.121. The average Bonchev–Trinajstić information content (AvgIpc) is 2.63. The van der Waals surface area contributed by atoms with Gasteiger partial charge in [-0.3, -0.25) is 9.59 Å². The molecule has 0 radical (unpaired) electrons. The van der Waals surface area contributed by atoms with Crippen molar-refractivity contribution in [3.63, 3.8) is 0 Å². The topological polar surface area (TPSA) is 80.1 Å². The van der Waals surface area contributed by atoms with E-state index in [0.717, 1.165) is 5.56 Å². The van der Waals surface area contributed by atoms with Crippen molar-refractivity contribution in [3.05, 3.63) is 72.1 Å². The van der Waals surface area contributed by atoms with Crippen molar-refractivity contribution in [1.29, 1.82) is 0 Å². The Morgan fingerprint density at radius 1 is 1.16 bits per heavy atom. The first-order chi connectivity index (χ1) is 12.1. The van der Waals surface area contributed by atoms with Crippen LogP contribution in [0, 0.1) is 5.82 Å².